The van der Waals surface area contributed by atoms with Crippen molar-refractivity contribution >= 4 is 6.08 Å². The monoisotopic (exact) mass is 160 g/mol. The first-order valence-electron chi connectivity index (χ1n) is 4.27. The number of aromatic nitrogens is 1. The van der Waals surface area contributed by atoms with Crippen LogP contribution in [0.5, 0.6) is 0 Å². The molecule has 0 aliphatic carbocycles. The van der Waals surface area contributed by atoms with Crippen LogP contribution in [0.1, 0.15) is 12.0 Å². The average molecular weight is 160 g/mol. The molecule has 1 saturated heterocycles. The van der Waals surface area contributed by atoms with Crippen molar-refractivity contribution in [2.75, 3.05) is 13.1 Å². The van der Waals surface area contributed by atoms with E-state index in [1.165, 1.54) is 25.1 Å². The molecule has 0 bridgehead atoms. The lowest BCUT2D eigenvalue weighted by atomic mass is 10.2. The van der Waals surface area contributed by atoms with Gasteiger partial charge in [0.25, 0.3) is 0 Å². The highest BCUT2D eigenvalue weighted by Crippen LogP contribution is 2.08. The highest BCUT2D eigenvalue weighted by atomic mass is 15.1. The molecule has 2 nitrogen and oxygen atoms in total. The molecule has 1 aromatic heterocycles. The third kappa shape index (κ3) is 1.64. The van der Waals surface area contributed by atoms with Gasteiger partial charge in [0.15, 0.2) is 0 Å². The van der Waals surface area contributed by atoms with Gasteiger partial charge in [0.2, 0.25) is 0 Å². The minimum absolute atomic E-state index is 1.17. The molecule has 0 spiro atoms. The maximum atomic E-state index is 4.04. The van der Waals surface area contributed by atoms with Crippen molar-refractivity contribution in [3.05, 3.63) is 36.3 Å². The van der Waals surface area contributed by atoms with Crippen LogP contribution in [-0.4, -0.2) is 23.0 Å². The second kappa shape index (κ2) is 3.39. The summed E-state index contributed by atoms with van der Waals surface area (Å²) in [5.74, 6) is 0. The Labute approximate surface area is 72.5 Å². The fraction of sp³-hybridized carbons (Fsp3) is 0.300. The first-order valence-corrected chi connectivity index (χ1v) is 4.27. The molecule has 0 unspecified atom stereocenters. The molecule has 62 valence electrons. The molecule has 0 aromatic carbocycles. The third-order valence-corrected chi connectivity index (χ3v) is 2.05. The summed E-state index contributed by atoms with van der Waals surface area (Å²) in [5.41, 5.74) is 1.17. The predicted molar refractivity (Wildman–Crippen MR) is 49.5 cm³/mol. The summed E-state index contributed by atoms with van der Waals surface area (Å²) in [6.07, 6.45) is 9.24. The van der Waals surface area contributed by atoms with Gasteiger partial charge in [-0.1, -0.05) is 6.07 Å². The Kier molecular flexibility index (Phi) is 2.08. The Bertz CT molecular complexity index is 262. The molecule has 0 radical (unpaired) electrons. The lowest BCUT2D eigenvalue weighted by molar-refractivity contribution is 0.265. The molecule has 2 rings (SSSR count). The second-order valence-corrected chi connectivity index (χ2v) is 2.99. The van der Waals surface area contributed by atoms with E-state index in [0.717, 1.165) is 0 Å². The molecule has 0 N–H and O–H groups in total. The van der Waals surface area contributed by atoms with Crippen molar-refractivity contribution in [2.24, 2.45) is 0 Å². The molecule has 0 saturated carbocycles. The Hall–Kier alpha value is -1.31. The zero-order valence-corrected chi connectivity index (χ0v) is 6.98. The molecule has 2 heterocycles. The van der Waals surface area contributed by atoms with Gasteiger partial charge >= 0.3 is 0 Å². The molecular weight excluding hydrogens is 148 g/mol. The fourth-order valence-electron chi connectivity index (χ4n) is 1.16. The van der Waals surface area contributed by atoms with Crippen LogP contribution in [0.25, 0.3) is 6.08 Å². The van der Waals surface area contributed by atoms with Crippen LogP contribution in [0.15, 0.2) is 30.7 Å². The topological polar surface area (TPSA) is 16.1 Å². The molecule has 1 aliphatic rings. The van der Waals surface area contributed by atoms with Crippen LogP contribution in [0.3, 0.4) is 0 Å². The van der Waals surface area contributed by atoms with Crippen LogP contribution in [0.4, 0.5) is 0 Å². The van der Waals surface area contributed by atoms with Gasteiger partial charge in [-0.3, -0.25) is 4.98 Å². The Balaban J connectivity index is 1.98. The highest BCUT2D eigenvalue weighted by molar-refractivity contribution is 5.46. The summed E-state index contributed by atoms with van der Waals surface area (Å²) in [6, 6.07) is 4.01. The van der Waals surface area contributed by atoms with Gasteiger partial charge in [-0.2, -0.15) is 0 Å². The van der Waals surface area contributed by atoms with E-state index in [2.05, 4.69) is 28.2 Å². The molecule has 1 aliphatic heterocycles. The van der Waals surface area contributed by atoms with Gasteiger partial charge in [0.05, 0.1) is 0 Å². The second-order valence-electron chi connectivity index (χ2n) is 2.99. The number of pyridine rings is 1. The van der Waals surface area contributed by atoms with E-state index in [1.807, 2.05) is 12.3 Å². The summed E-state index contributed by atoms with van der Waals surface area (Å²) in [4.78, 5) is 6.34. The maximum Gasteiger partial charge on any atom is 0.0340 e. The average Bonchev–Trinajstić information content (AvgIpc) is 2.04. The first-order chi connectivity index (χ1) is 5.95. The molecule has 2 heteroatoms. The van der Waals surface area contributed by atoms with E-state index < -0.39 is 0 Å². The normalized spacial score (nSPS) is 16.5. The van der Waals surface area contributed by atoms with Crippen LogP contribution in [0, 0.1) is 0 Å². The highest BCUT2D eigenvalue weighted by Gasteiger charge is 2.07. The van der Waals surface area contributed by atoms with Crippen molar-refractivity contribution in [2.45, 2.75) is 6.42 Å². The van der Waals surface area contributed by atoms with Crippen molar-refractivity contribution in [3.63, 3.8) is 0 Å². The SMILES string of the molecule is C(=C\N1CCC1)/c1cccnc1. The molecule has 12 heavy (non-hydrogen) atoms. The summed E-state index contributed by atoms with van der Waals surface area (Å²) >= 11 is 0. The smallest absolute Gasteiger partial charge is 0.0340 e. The standard InChI is InChI=1S/C10H12N2/c1-3-10(9-11-5-1)4-8-12-6-2-7-12/h1,3-5,8-9H,2,6-7H2/b8-4+. The number of hydrogen-bond donors (Lipinski definition) is 0. The lowest BCUT2D eigenvalue weighted by Gasteiger charge is -2.29. The van der Waals surface area contributed by atoms with Gasteiger partial charge < -0.3 is 4.90 Å². The largest absolute Gasteiger partial charge is 0.377 e. The van der Waals surface area contributed by atoms with Crippen molar-refractivity contribution in [1.82, 2.24) is 9.88 Å². The molecular formula is C10H12N2. The summed E-state index contributed by atoms with van der Waals surface area (Å²) in [5, 5.41) is 0. The molecule has 0 atom stereocenters. The molecule has 0 amide bonds. The summed E-state index contributed by atoms with van der Waals surface area (Å²) in [6.45, 7) is 2.41. The van der Waals surface area contributed by atoms with E-state index >= 15 is 0 Å². The van der Waals surface area contributed by atoms with Gasteiger partial charge in [0, 0.05) is 25.5 Å². The van der Waals surface area contributed by atoms with Crippen LogP contribution >= 0.6 is 0 Å². The van der Waals surface area contributed by atoms with Gasteiger partial charge in [-0.25, -0.2) is 0 Å². The van der Waals surface area contributed by atoms with Crippen LogP contribution in [0.2, 0.25) is 0 Å². The minimum atomic E-state index is 1.17. The quantitative estimate of drug-likeness (QED) is 0.655. The zero-order chi connectivity index (χ0) is 8.23. The zero-order valence-electron chi connectivity index (χ0n) is 6.98. The lowest BCUT2D eigenvalue weighted by Crippen LogP contribution is -2.31. The summed E-state index contributed by atoms with van der Waals surface area (Å²) in [7, 11) is 0. The van der Waals surface area contributed by atoms with Gasteiger partial charge in [-0.05, 0) is 30.3 Å². The van der Waals surface area contributed by atoms with E-state index in [4.69, 9.17) is 0 Å². The summed E-state index contributed by atoms with van der Waals surface area (Å²) < 4.78 is 0. The molecule has 1 aromatic rings. The Morgan fingerprint density at radius 2 is 2.33 bits per heavy atom. The molecule has 1 fully saturated rings. The van der Waals surface area contributed by atoms with E-state index in [9.17, 15) is 0 Å². The number of nitrogens with zero attached hydrogens (tertiary/aromatic N) is 2. The van der Waals surface area contributed by atoms with Crippen LogP contribution < -0.4 is 0 Å². The van der Waals surface area contributed by atoms with Crippen molar-refractivity contribution in [1.29, 1.82) is 0 Å². The Morgan fingerprint density at radius 1 is 1.42 bits per heavy atom. The Morgan fingerprint density at radius 3 is 2.92 bits per heavy atom. The van der Waals surface area contributed by atoms with E-state index in [0.29, 0.717) is 0 Å². The van der Waals surface area contributed by atoms with Gasteiger partial charge in [0.1, 0.15) is 0 Å². The fourth-order valence-corrected chi connectivity index (χ4v) is 1.16. The van der Waals surface area contributed by atoms with Crippen molar-refractivity contribution in [3.8, 4) is 0 Å². The maximum absolute atomic E-state index is 4.04. The van der Waals surface area contributed by atoms with E-state index in [1.54, 1.807) is 6.20 Å². The number of hydrogen-bond acceptors (Lipinski definition) is 2. The van der Waals surface area contributed by atoms with Crippen molar-refractivity contribution < 1.29 is 0 Å². The van der Waals surface area contributed by atoms with Crippen LogP contribution in [-0.2, 0) is 0 Å². The third-order valence-electron chi connectivity index (χ3n) is 2.05. The van der Waals surface area contributed by atoms with Gasteiger partial charge in [-0.15, -0.1) is 0 Å². The first kappa shape index (κ1) is 7.35. The number of likely N-dealkylation sites (tertiary alicyclic amines) is 1. The minimum Gasteiger partial charge on any atom is -0.377 e. The predicted octanol–water partition coefficient (Wildman–Crippen LogP) is 1.76. The van der Waals surface area contributed by atoms with E-state index in [-0.39, 0.29) is 0 Å². The number of rotatable bonds is 2.